The molecule has 0 bridgehead atoms. The Kier molecular flexibility index (Phi) is 9.35. The van der Waals surface area contributed by atoms with E-state index in [1.807, 2.05) is 6.07 Å². The van der Waals surface area contributed by atoms with Crippen LogP contribution < -0.4 is 16.0 Å². The molecule has 10 nitrogen and oxygen atoms in total. The molecule has 11 heteroatoms. The van der Waals surface area contributed by atoms with Crippen molar-refractivity contribution in [3.8, 4) is 0 Å². The highest BCUT2D eigenvalue weighted by Gasteiger charge is 2.16. The summed E-state index contributed by atoms with van der Waals surface area (Å²) in [5.41, 5.74) is 1.78. The van der Waals surface area contributed by atoms with E-state index in [1.54, 1.807) is 73.1 Å². The van der Waals surface area contributed by atoms with Crippen LogP contribution in [0.2, 0.25) is 0 Å². The highest BCUT2D eigenvalue weighted by molar-refractivity contribution is 8.00. The fourth-order valence-electron chi connectivity index (χ4n) is 3.44. The number of pyridine rings is 1. The van der Waals surface area contributed by atoms with Gasteiger partial charge >= 0.3 is 0 Å². The number of carbonyl (C=O) groups is 3. The van der Waals surface area contributed by atoms with Gasteiger partial charge in [0.25, 0.3) is 17.5 Å². The van der Waals surface area contributed by atoms with Crippen LogP contribution >= 0.6 is 11.8 Å². The molecule has 4 aromatic rings. The van der Waals surface area contributed by atoms with E-state index in [1.165, 1.54) is 42.1 Å². The topological polar surface area (TPSA) is 143 Å². The SMILES string of the molecule is O=C(CSc1cccc(NC(=O)/C(=C\c2ccc([N+](=O)[O-])cc2)NC(=O)c2ccccc2)c1)Nc1ccncc1. The van der Waals surface area contributed by atoms with Crippen molar-refractivity contribution in [2.75, 3.05) is 16.4 Å². The number of rotatable bonds is 10. The summed E-state index contributed by atoms with van der Waals surface area (Å²) in [6.07, 6.45) is 4.60. The average Bonchev–Trinajstić information content (AvgIpc) is 2.97. The number of nitro benzene ring substituents is 1. The van der Waals surface area contributed by atoms with Crippen molar-refractivity contribution >= 4 is 52.6 Å². The number of thioether (sulfide) groups is 1. The van der Waals surface area contributed by atoms with Gasteiger partial charge in [-0.25, -0.2) is 0 Å². The zero-order chi connectivity index (χ0) is 28.3. The van der Waals surface area contributed by atoms with E-state index in [2.05, 4.69) is 20.9 Å². The molecule has 200 valence electrons. The van der Waals surface area contributed by atoms with Crippen LogP contribution in [-0.2, 0) is 9.59 Å². The summed E-state index contributed by atoms with van der Waals surface area (Å²) in [4.78, 5) is 53.5. The summed E-state index contributed by atoms with van der Waals surface area (Å²) in [7, 11) is 0. The Morgan fingerprint density at radius 3 is 2.27 bits per heavy atom. The Morgan fingerprint density at radius 2 is 1.57 bits per heavy atom. The van der Waals surface area contributed by atoms with Gasteiger partial charge in [0.2, 0.25) is 5.91 Å². The Hall–Kier alpha value is -5.29. The number of hydrogen-bond donors (Lipinski definition) is 3. The molecule has 0 aliphatic heterocycles. The monoisotopic (exact) mass is 553 g/mol. The third kappa shape index (κ3) is 8.10. The smallest absolute Gasteiger partial charge is 0.272 e. The first-order valence-corrected chi connectivity index (χ1v) is 12.9. The number of hydrogen-bond acceptors (Lipinski definition) is 7. The average molecular weight is 554 g/mol. The zero-order valence-electron chi connectivity index (χ0n) is 20.9. The molecule has 0 aliphatic carbocycles. The molecule has 0 atom stereocenters. The van der Waals surface area contributed by atoms with Crippen LogP contribution in [0.4, 0.5) is 17.1 Å². The minimum absolute atomic E-state index is 0.0579. The van der Waals surface area contributed by atoms with Gasteiger partial charge in [-0.3, -0.25) is 29.5 Å². The molecule has 0 fully saturated rings. The van der Waals surface area contributed by atoms with Gasteiger partial charge in [-0.2, -0.15) is 0 Å². The Labute approximate surface area is 233 Å². The van der Waals surface area contributed by atoms with Gasteiger partial charge in [0.05, 0.1) is 10.7 Å². The summed E-state index contributed by atoms with van der Waals surface area (Å²) in [6, 6.07) is 24.3. The first-order valence-electron chi connectivity index (χ1n) is 11.9. The molecule has 0 unspecified atom stereocenters. The van der Waals surface area contributed by atoms with Gasteiger partial charge < -0.3 is 16.0 Å². The predicted molar refractivity (Wildman–Crippen MR) is 154 cm³/mol. The lowest BCUT2D eigenvalue weighted by molar-refractivity contribution is -0.384. The fraction of sp³-hybridized carbons (Fsp3) is 0.0345. The fourth-order valence-corrected chi connectivity index (χ4v) is 4.20. The molecule has 40 heavy (non-hydrogen) atoms. The summed E-state index contributed by atoms with van der Waals surface area (Å²) < 4.78 is 0. The van der Waals surface area contributed by atoms with Crippen LogP contribution in [0.3, 0.4) is 0 Å². The molecule has 0 saturated heterocycles. The Balaban J connectivity index is 1.47. The molecule has 4 rings (SSSR count). The van der Waals surface area contributed by atoms with E-state index >= 15 is 0 Å². The highest BCUT2D eigenvalue weighted by atomic mass is 32.2. The zero-order valence-corrected chi connectivity index (χ0v) is 21.8. The predicted octanol–water partition coefficient (Wildman–Crippen LogP) is 5.13. The van der Waals surface area contributed by atoms with Gasteiger partial charge in [-0.1, -0.05) is 24.3 Å². The molecule has 0 saturated carbocycles. The van der Waals surface area contributed by atoms with Crippen molar-refractivity contribution < 1.29 is 19.3 Å². The molecule has 3 aromatic carbocycles. The van der Waals surface area contributed by atoms with Crippen molar-refractivity contribution in [2.24, 2.45) is 0 Å². The van der Waals surface area contributed by atoms with Gasteiger partial charge in [0.15, 0.2) is 0 Å². The van der Waals surface area contributed by atoms with E-state index in [-0.39, 0.29) is 23.0 Å². The van der Waals surface area contributed by atoms with Crippen molar-refractivity contribution in [2.45, 2.75) is 4.90 Å². The van der Waals surface area contributed by atoms with Crippen molar-refractivity contribution in [1.29, 1.82) is 0 Å². The molecular formula is C29H23N5O5S. The Bertz CT molecular complexity index is 1540. The molecule has 1 heterocycles. The van der Waals surface area contributed by atoms with Crippen molar-refractivity contribution in [1.82, 2.24) is 10.3 Å². The molecule has 0 aliphatic rings. The number of amides is 3. The minimum atomic E-state index is -0.597. The first-order chi connectivity index (χ1) is 19.4. The standard InChI is InChI=1S/C29H23N5O5S/c35-27(31-22-13-15-30-16-14-22)19-40-25-8-4-7-23(18-25)32-29(37)26(33-28(36)21-5-2-1-3-6-21)17-20-9-11-24(12-10-20)34(38)39/h1-18H,19H2,(H,32,37)(H,33,36)(H,30,31,35)/b26-17+. The van der Waals surface area contributed by atoms with E-state index in [9.17, 15) is 24.5 Å². The van der Waals surface area contributed by atoms with Crippen LogP contribution in [0.1, 0.15) is 15.9 Å². The van der Waals surface area contributed by atoms with Crippen LogP contribution in [0, 0.1) is 10.1 Å². The van der Waals surface area contributed by atoms with Crippen LogP contribution in [0.5, 0.6) is 0 Å². The maximum absolute atomic E-state index is 13.3. The number of nitrogens with one attached hydrogen (secondary N) is 3. The van der Waals surface area contributed by atoms with Crippen molar-refractivity contribution in [3.63, 3.8) is 0 Å². The maximum Gasteiger partial charge on any atom is 0.272 e. The van der Waals surface area contributed by atoms with Crippen LogP contribution in [0.25, 0.3) is 6.08 Å². The number of benzene rings is 3. The maximum atomic E-state index is 13.3. The summed E-state index contributed by atoms with van der Waals surface area (Å²) in [6.45, 7) is 0. The van der Waals surface area contributed by atoms with Gasteiger partial charge in [-0.15, -0.1) is 11.8 Å². The second-order valence-corrected chi connectivity index (χ2v) is 9.33. The molecular weight excluding hydrogens is 530 g/mol. The second kappa shape index (κ2) is 13.5. The van der Waals surface area contributed by atoms with E-state index in [0.29, 0.717) is 22.5 Å². The van der Waals surface area contributed by atoms with Crippen molar-refractivity contribution in [3.05, 3.63) is 130 Å². The molecule has 0 radical (unpaired) electrons. The number of carbonyl (C=O) groups excluding carboxylic acids is 3. The number of non-ortho nitro benzene ring substituents is 1. The molecule has 1 aromatic heterocycles. The van der Waals surface area contributed by atoms with E-state index < -0.39 is 16.7 Å². The van der Waals surface area contributed by atoms with E-state index in [4.69, 9.17) is 0 Å². The molecule has 3 N–H and O–H groups in total. The Morgan fingerprint density at radius 1 is 0.850 bits per heavy atom. The largest absolute Gasteiger partial charge is 0.325 e. The summed E-state index contributed by atoms with van der Waals surface area (Å²) >= 11 is 1.29. The number of nitrogens with zero attached hydrogens (tertiary/aromatic N) is 2. The molecule has 3 amide bonds. The minimum Gasteiger partial charge on any atom is -0.325 e. The summed E-state index contributed by atoms with van der Waals surface area (Å²) in [5.74, 6) is -1.13. The summed E-state index contributed by atoms with van der Waals surface area (Å²) in [5, 5.41) is 19.2. The number of aromatic nitrogens is 1. The number of anilines is 2. The quantitative estimate of drug-likeness (QED) is 0.107. The second-order valence-electron chi connectivity index (χ2n) is 8.28. The van der Waals surface area contributed by atoms with E-state index in [0.717, 1.165) is 4.90 Å². The number of nitro groups is 1. The van der Waals surface area contributed by atoms with Gasteiger partial charge in [-0.05, 0) is 66.2 Å². The van der Waals surface area contributed by atoms with Crippen LogP contribution in [0.15, 0.2) is 114 Å². The first kappa shape index (κ1) is 27.7. The van der Waals surface area contributed by atoms with Crippen LogP contribution in [-0.4, -0.2) is 33.4 Å². The lowest BCUT2D eigenvalue weighted by Gasteiger charge is -2.12. The molecule has 0 spiro atoms. The normalized spacial score (nSPS) is 10.8. The highest BCUT2D eigenvalue weighted by Crippen LogP contribution is 2.23. The van der Waals surface area contributed by atoms with Gasteiger partial charge in [0.1, 0.15) is 5.70 Å². The third-order valence-corrected chi connectivity index (χ3v) is 6.36. The third-order valence-electron chi connectivity index (χ3n) is 5.37. The van der Waals surface area contributed by atoms with Gasteiger partial charge in [0, 0.05) is 46.4 Å². The lowest BCUT2D eigenvalue weighted by Crippen LogP contribution is -2.30. The lowest BCUT2D eigenvalue weighted by atomic mass is 10.1.